The predicted molar refractivity (Wildman–Crippen MR) is 83.0 cm³/mol. The molecule has 0 aliphatic carbocycles. The van der Waals surface area contributed by atoms with Crippen LogP contribution in [0.3, 0.4) is 0 Å². The Balaban J connectivity index is 4.05. The third-order valence-electron chi connectivity index (χ3n) is 3.31. The van der Waals surface area contributed by atoms with Gasteiger partial charge in [-0.05, 0) is 45.9 Å². The lowest BCUT2D eigenvalue weighted by molar-refractivity contribution is -0.140. The molecule has 0 aromatic rings. The van der Waals surface area contributed by atoms with Gasteiger partial charge in [-0.1, -0.05) is 6.92 Å². The summed E-state index contributed by atoms with van der Waals surface area (Å²) in [6, 6.07) is 0.989. The van der Waals surface area contributed by atoms with Crippen molar-refractivity contribution in [2.24, 2.45) is 0 Å². The van der Waals surface area contributed by atoms with Gasteiger partial charge in [0.15, 0.2) is 0 Å². The summed E-state index contributed by atoms with van der Waals surface area (Å²) < 4.78 is 16.3. The second kappa shape index (κ2) is 11.3. The van der Waals surface area contributed by atoms with Gasteiger partial charge in [0.2, 0.25) is 0 Å². The van der Waals surface area contributed by atoms with Gasteiger partial charge in [-0.25, -0.2) is 0 Å². The molecule has 0 amide bonds. The zero-order chi connectivity index (χ0) is 15.4. The Kier molecular flexibility index (Phi) is 11.0. The van der Waals surface area contributed by atoms with Gasteiger partial charge in [-0.15, -0.1) is 0 Å². The van der Waals surface area contributed by atoms with Crippen LogP contribution in [0.5, 0.6) is 0 Å². The Labute approximate surface area is 124 Å². The van der Waals surface area contributed by atoms with E-state index in [4.69, 9.17) is 8.85 Å². The molecule has 0 radical (unpaired) electrons. The molecule has 0 unspecified atom stereocenters. The van der Waals surface area contributed by atoms with Gasteiger partial charge in [-0.3, -0.25) is 4.79 Å². The highest BCUT2D eigenvalue weighted by Gasteiger charge is 2.30. The minimum absolute atomic E-state index is 0.147. The zero-order valence-corrected chi connectivity index (χ0v) is 14.7. The van der Waals surface area contributed by atoms with E-state index in [0.717, 1.165) is 32.1 Å². The molecule has 0 spiro atoms. The van der Waals surface area contributed by atoms with Crippen LogP contribution < -0.4 is 0 Å². The van der Waals surface area contributed by atoms with Gasteiger partial charge >= 0.3 is 14.5 Å². The van der Waals surface area contributed by atoms with Gasteiger partial charge in [0.1, 0.15) is 0 Å². The smallest absolute Gasteiger partial charge is 0.334 e. The summed E-state index contributed by atoms with van der Waals surface area (Å²) >= 11 is 0. The van der Waals surface area contributed by atoms with Crippen molar-refractivity contribution >= 4 is 14.5 Å². The molecule has 6 heteroatoms. The molecule has 0 fully saturated rings. The maximum atomic E-state index is 11.2. The van der Waals surface area contributed by atoms with Crippen LogP contribution in [0.1, 0.15) is 33.6 Å². The SMILES string of the molecule is CCO[Si](C)(CCCN(CC)CCC(=O)OC)OCC. The van der Waals surface area contributed by atoms with Gasteiger partial charge in [0, 0.05) is 19.8 Å². The minimum Gasteiger partial charge on any atom is -0.469 e. The standard InChI is InChI=1S/C14H31NO4Si/c1-6-15(12-10-14(16)17-4)11-9-13-20(5,18-7-2)19-8-3/h6-13H2,1-5H3. The molecular weight excluding hydrogens is 274 g/mol. The molecule has 0 saturated carbocycles. The Morgan fingerprint density at radius 2 is 1.70 bits per heavy atom. The van der Waals surface area contributed by atoms with Crippen LogP contribution in [-0.2, 0) is 18.4 Å². The first-order chi connectivity index (χ1) is 9.51. The lowest BCUT2D eigenvalue weighted by atomic mass is 10.3. The lowest BCUT2D eigenvalue weighted by Crippen LogP contribution is -2.39. The molecule has 0 heterocycles. The molecule has 0 aromatic heterocycles. The van der Waals surface area contributed by atoms with E-state index in [1.807, 2.05) is 13.8 Å². The fourth-order valence-electron chi connectivity index (χ4n) is 2.20. The first-order valence-electron chi connectivity index (χ1n) is 7.58. The summed E-state index contributed by atoms with van der Waals surface area (Å²) in [7, 11) is -0.569. The topological polar surface area (TPSA) is 48.0 Å². The summed E-state index contributed by atoms with van der Waals surface area (Å²) in [4.78, 5) is 13.4. The maximum absolute atomic E-state index is 11.2. The van der Waals surface area contributed by atoms with Crippen LogP contribution in [0.2, 0.25) is 12.6 Å². The van der Waals surface area contributed by atoms with Crippen LogP contribution >= 0.6 is 0 Å². The Morgan fingerprint density at radius 1 is 1.10 bits per heavy atom. The molecular formula is C14H31NO4Si. The summed E-state index contributed by atoms with van der Waals surface area (Å²) in [6.07, 6.45) is 1.49. The van der Waals surface area contributed by atoms with Crippen molar-refractivity contribution in [2.45, 2.75) is 46.2 Å². The fourth-order valence-corrected chi connectivity index (χ4v) is 4.59. The molecule has 0 aromatic carbocycles. The largest absolute Gasteiger partial charge is 0.469 e. The van der Waals surface area contributed by atoms with Crippen molar-refractivity contribution < 1.29 is 18.4 Å². The van der Waals surface area contributed by atoms with Gasteiger partial charge in [-0.2, -0.15) is 0 Å². The summed E-state index contributed by atoms with van der Waals surface area (Å²) in [5.41, 5.74) is 0. The van der Waals surface area contributed by atoms with E-state index in [0.29, 0.717) is 19.6 Å². The molecule has 20 heavy (non-hydrogen) atoms. The summed E-state index contributed by atoms with van der Waals surface area (Å²) in [5, 5.41) is 0. The molecule has 120 valence electrons. The predicted octanol–water partition coefficient (Wildman–Crippen LogP) is 2.41. The first kappa shape index (κ1) is 19.6. The third-order valence-corrected chi connectivity index (χ3v) is 6.37. The molecule has 0 rings (SSSR count). The number of rotatable bonds is 12. The number of carbonyl (C=O) groups is 1. The molecule has 0 aliphatic heterocycles. The molecule has 0 bridgehead atoms. The van der Waals surface area contributed by atoms with Gasteiger partial charge in [0.25, 0.3) is 0 Å². The van der Waals surface area contributed by atoms with Crippen molar-refractivity contribution in [1.29, 1.82) is 0 Å². The number of hydrogen-bond acceptors (Lipinski definition) is 5. The van der Waals surface area contributed by atoms with Crippen molar-refractivity contribution in [3.8, 4) is 0 Å². The van der Waals surface area contributed by atoms with Crippen molar-refractivity contribution in [3.05, 3.63) is 0 Å². The van der Waals surface area contributed by atoms with E-state index in [1.165, 1.54) is 7.11 Å². The van der Waals surface area contributed by atoms with E-state index in [-0.39, 0.29) is 5.97 Å². The van der Waals surface area contributed by atoms with Gasteiger partial charge < -0.3 is 18.5 Å². The highest BCUT2D eigenvalue weighted by Crippen LogP contribution is 2.16. The highest BCUT2D eigenvalue weighted by molar-refractivity contribution is 6.66. The van der Waals surface area contributed by atoms with Crippen molar-refractivity contribution in [1.82, 2.24) is 4.90 Å². The number of carbonyl (C=O) groups excluding carboxylic acids is 1. The Morgan fingerprint density at radius 3 is 2.15 bits per heavy atom. The lowest BCUT2D eigenvalue weighted by Gasteiger charge is -2.27. The number of methoxy groups -OCH3 is 1. The van der Waals surface area contributed by atoms with E-state index >= 15 is 0 Å². The summed E-state index contributed by atoms with van der Waals surface area (Å²) in [5.74, 6) is -0.147. The average Bonchev–Trinajstić information content (AvgIpc) is 2.42. The number of esters is 1. The third kappa shape index (κ3) is 8.68. The van der Waals surface area contributed by atoms with Crippen molar-refractivity contribution in [3.63, 3.8) is 0 Å². The van der Waals surface area contributed by atoms with E-state index in [9.17, 15) is 4.79 Å². The first-order valence-corrected chi connectivity index (χ1v) is 10.1. The van der Waals surface area contributed by atoms with E-state index in [2.05, 4.69) is 23.1 Å². The second-order valence-corrected chi connectivity index (χ2v) is 8.21. The van der Waals surface area contributed by atoms with Crippen molar-refractivity contribution in [2.75, 3.05) is 40.0 Å². The Bertz CT molecular complexity index is 258. The van der Waals surface area contributed by atoms with Crippen LogP contribution in [-0.4, -0.2) is 59.4 Å². The molecule has 5 nitrogen and oxygen atoms in total. The molecule has 0 saturated heterocycles. The normalized spacial score (nSPS) is 11.9. The van der Waals surface area contributed by atoms with Gasteiger partial charge in [0.05, 0.1) is 13.5 Å². The minimum atomic E-state index is -2.00. The highest BCUT2D eigenvalue weighted by atomic mass is 28.4. The number of nitrogens with zero attached hydrogens (tertiary/aromatic N) is 1. The van der Waals surface area contributed by atoms with E-state index in [1.54, 1.807) is 0 Å². The van der Waals surface area contributed by atoms with Crippen LogP contribution in [0.4, 0.5) is 0 Å². The monoisotopic (exact) mass is 305 g/mol. The quantitative estimate of drug-likeness (QED) is 0.409. The maximum Gasteiger partial charge on any atom is 0.334 e. The molecule has 0 aliphatic rings. The average molecular weight is 305 g/mol. The molecule has 0 N–H and O–H groups in total. The zero-order valence-electron chi connectivity index (χ0n) is 13.7. The fraction of sp³-hybridized carbons (Fsp3) is 0.929. The van der Waals surface area contributed by atoms with Crippen LogP contribution in [0.15, 0.2) is 0 Å². The van der Waals surface area contributed by atoms with Crippen LogP contribution in [0, 0.1) is 0 Å². The summed E-state index contributed by atoms with van der Waals surface area (Å²) in [6.45, 7) is 12.4. The van der Waals surface area contributed by atoms with E-state index < -0.39 is 8.56 Å². The second-order valence-electron chi connectivity index (χ2n) is 4.86. The number of ether oxygens (including phenoxy) is 1. The number of hydrogen-bond donors (Lipinski definition) is 0. The molecule has 0 atom stereocenters. The Hall–Kier alpha value is -0.433. The van der Waals surface area contributed by atoms with Crippen LogP contribution in [0.25, 0.3) is 0 Å².